The van der Waals surface area contributed by atoms with Gasteiger partial charge in [-0.05, 0) is 45.4 Å². The molecule has 104 valence electrons. The van der Waals surface area contributed by atoms with Crippen molar-refractivity contribution in [1.29, 1.82) is 0 Å². The van der Waals surface area contributed by atoms with Gasteiger partial charge >= 0.3 is 0 Å². The summed E-state index contributed by atoms with van der Waals surface area (Å²) < 4.78 is 5.91. The highest BCUT2D eigenvalue weighted by molar-refractivity contribution is 5.62. The fourth-order valence-corrected chi connectivity index (χ4v) is 2.00. The van der Waals surface area contributed by atoms with Gasteiger partial charge in [-0.15, -0.1) is 5.92 Å². The predicted molar refractivity (Wildman–Crippen MR) is 83.0 cm³/mol. The van der Waals surface area contributed by atoms with Crippen molar-refractivity contribution in [2.45, 2.75) is 40.5 Å². The third kappa shape index (κ3) is 4.52. The van der Waals surface area contributed by atoms with Crippen molar-refractivity contribution in [2.24, 2.45) is 0 Å². The Bertz CT molecular complexity index is 438. The first-order valence-corrected chi connectivity index (χ1v) is 7.21. The van der Waals surface area contributed by atoms with E-state index in [0.29, 0.717) is 0 Å². The fraction of sp³-hybridized carbons (Fsp3) is 0.529. The number of rotatable bonds is 7. The van der Waals surface area contributed by atoms with Crippen molar-refractivity contribution in [3.63, 3.8) is 0 Å². The SMILES string of the molecule is CC#Cc1ccc(OCCCC)c(N(CC)CC)c1. The van der Waals surface area contributed by atoms with E-state index in [9.17, 15) is 0 Å². The summed E-state index contributed by atoms with van der Waals surface area (Å²) in [4.78, 5) is 2.31. The van der Waals surface area contributed by atoms with E-state index >= 15 is 0 Å². The molecule has 0 amide bonds. The minimum absolute atomic E-state index is 0.781. The molecule has 0 bridgehead atoms. The van der Waals surface area contributed by atoms with Crippen molar-refractivity contribution in [2.75, 3.05) is 24.6 Å². The number of hydrogen-bond acceptors (Lipinski definition) is 2. The minimum atomic E-state index is 0.781. The zero-order valence-corrected chi connectivity index (χ0v) is 12.6. The molecule has 19 heavy (non-hydrogen) atoms. The van der Waals surface area contributed by atoms with Crippen LogP contribution in [0.4, 0.5) is 5.69 Å². The van der Waals surface area contributed by atoms with Crippen LogP contribution in [0.15, 0.2) is 18.2 Å². The van der Waals surface area contributed by atoms with Gasteiger partial charge in [0.05, 0.1) is 12.3 Å². The lowest BCUT2D eigenvalue weighted by atomic mass is 10.1. The third-order valence-electron chi connectivity index (χ3n) is 3.09. The molecular weight excluding hydrogens is 234 g/mol. The van der Waals surface area contributed by atoms with E-state index < -0.39 is 0 Å². The van der Waals surface area contributed by atoms with Crippen LogP contribution in [-0.4, -0.2) is 19.7 Å². The molecule has 0 radical (unpaired) electrons. The standard InChI is InChI=1S/C17H25NO/c1-5-9-13-19-17-12-11-15(10-6-2)14-16(17)18(7-3)8-4/h11-12,14H,5,7-9,13H2,1-4H3. The van der Waals surface area contributed by atoms with Crippen molar-refractivity contribution in [3.8, 4) is 17.6 Å². The number of hydrogen-bond donors (Lipinski definition) is 0. The topological polar surface area (TPSA) is 12.5 Å². The highest BCUT2D eigenvalue weighted by Crippen LogP contribution is 2.29. The summed E-state index contributed by atoms with van der Waals surface area (Å²) in [5.74, 6) is 7.03. The van der Waals surface area contributed by atoms with Gasteiger partial charge < -0.3 is 9.64 Å². The lowest BCUT2D eigenvalue weighted by Gasteiger charge is -2.24. The zero-order valence-electron chi connectivity index (χ0n) is 12.6. The minimum Gasteiger partial charge on any atom is -0.491 e. The van der Waals surface area contributed by atoms with Gasteiger partial charge in [-0.2, -0.15) is 0 Å². The Kier molecular flexibility index (Phi) is 6.89. The maximum atomic E-state index is 5.91. The molecule has 2 nitrogen and oxygen atoms in total. The van der Waals surface area contributed by atoms with E-state index in [0.717, 1.165) is 49.5 Å². The quantitative estimate of drug-likeness (QED) is 0.540. The largest absolute Gasteiger partial charge is 0.491 e. The van der Waals surface area contributed by atoms with E-state index in [4.69, 9.17) is 4.74 Å². The molecule has 0 unspecified atom stereocenters. The van der Waals surface area contributed by atoms with E-state index in [1.165, 1.54) is 0 Å². The molecular formula is C17H25NO. The Morgan fingerprint density at radius 3 is 2.47 bits per heavy atom. The summed E-state index contributed by atoms with van der Waals surface area (Å²) >= 11 is 0. The van der Waals surface area contributed by atoms with Gasteiger partial charge in [-0.3, -0.25) is 0 Å². The van der Waals surface area contributed by atoms with E-state index in [1.54, 1.807) is 0 Å². The number of anilines is 1. The molecule has 0 aromatic heterocycles. The first-order valence-electron chi connectivity index (χ1n) is 7.21. The highest BCUT2D eigenvalue weighted by Gasteiger charge is 2.10. The van der Waals surface area contributed by atoms with Gasteiger partial charge in [0.25, 0.3) is 0 Å². The summed E-state index contributed by atoms with van der Waals surface area (Å²) in [6.07, 6.45) is 2.24. The number of unbranched alkanes of at least 4 members (excludes halogenated alkanes) is 1. The van der Waals surface area contributed by atoms with Crippen LogP contribution in [0, 0.1) is 11.8 Å². The molecule has 1 rings (SSSR count). The Morgan fingerprint density at radius 2 is 1.89 bits per heavy atom. The molecule has 0 saturated carbocycles. The van der Waals surface area contributed by atoms with Crippen LogP contribution in [0.1, 0.15) is 46.1 Å². The van der Waals surface area contributed by atoms with Crippen LogP contribution >= 0.6 is 0 Å². The first kappa shape index (κ1) is 15.4. The van der Waals surface area contributed by atoms with Crippen LogP contribution in [0.2, 0.25) is 0 Å². The summed E-state index contributed by atoms with van der Waals surface area (Å²) in [6.45, 7) is 11.1. The maximum absolute atomic E-state index is 5.91. The van der Waals surface area contributed by atoms with Crippen molar-refractivity contribution >= 4 is 5.69 Å². The molecule has 0 heterocycles. The van der Waals surface area contributed by atoms with E-state index in [1.807, 2.05) is 19.1 Å². The monoisotopic (exact) mass is 259 g/mol. The first-order chi connectivity index (χ1) is 9.26. The molecule has 2 heteroatoms. The number of nitrogens with zero attached hydrogens (tertiary/aromatic N) is 1. The van der Waals surface area contributed by atoms with E-state index in [-0.39, 0.29) is 0 Å². The van der Waals surface area contributed by atoms with Crippen LogP contribution in [0.5, 0.6) is 5.75 Å². The summed E-state index contributed by atoms with van der Waals surface area (Å²) in [6, 6.07) is 6.21. The fourth-order valence-electron chi connectivity index (χ4n) is 2.00. The molecule has 0 spiro atoms. The number of benzene rings is 1. The maximum Gasteiger partial charge on any atom is 0.142 e. The van der Waals surface area contributed by atoms with Crippen LogP contribution in [0.25, 0.3) is 0 Å². The second kappa shape index (κ2) is 8.48. The molecule has 1 aromatic rings. The molecule has 0 aliphatic rings. The Balaban J connectivity index is 3.02. The van der Waals surface area contributed by atoms with Crippen molar-refractivity contribution < 1.29 is 4.74 Å². The molecule has 0 fully saturated rings. The molecule has 0 N–H and O–H groups in total. The Labute approximate surface area is 117 Å². The lowest BCUT2D eigenvalue weighted by molar-refractivity contribution is 0.309. The van der Waals surface area contributed by atoms with Gasteiger partial charge in [0.1, 0.15) is 5.75 Å². The third-order valence-corrected chi connectivity index (χ3v) is 3.09. The van der Waals surface area contributed by atoms with Gasteiger partial charge in [0, 0.05) is 18.7 Å². The Hall–Kier alpha value is -1.62. The van der Waals surface area contributed by atoms with Crippen LogP contribution in [0.3, 0.4) is 0 Å². The molecule has 1 aromatic carbocycles. The average Bonchev–Trinajstić information content (AvgIpc) is 2.43. The van der Waals surface area contributed by atoms with Crippen LogP contribution in [-0.2, 0) is 0 Å². The molecule has 0 aliphatic carbocycles. The average molecular weight is 259 g/mol. The highest BCUT2D eigenvalue weighted by atomic mass is 16.5. The second-order valence-corrected chi connectivity index (χ2v) is 4.43. The number of ether oxygens (including phenoxy) is 1. The summed E-state index contributed by atoms with van der Waals surface area (Å²) in [5.41, 5.74) is 2.20. The predicted octanol–water partition coefficient (Wildman–Crippen LogP) is 4.08. The normalized spacial score (nSPS) is 9.68. The van der Waals surface area contributed by atoms with Gasteiger partial charge in [0.2, 0.25) is 0 Å². The molecule has 0 aliphatic heterocycles. The summed E-state index contributed by atoms with van der Waals surface area (Å²) in [5, 5.41) is 0. The van der Waals surface area contributed by atoms with Gasteiger partial charge in [-0.1, -0.05) is 19.3 Å². The smallest absolute Gasteiger partial charge is 0.142 e. The van der Waals surface area contributed by atoms with Gasteiger partial charge in [0.15, 0.2) is 0 Å². The summed E-state index contributed by atoms with van der Waals surface area (Å²) in [7, 11) is 0. The Morgan fingerprint density at radius 1 is 1.16 bits per heavy atom. The molecule has 0 saturated heterocycles. The van der Waals surface area contributed by atoms with Crippen molar-refractivity contribution in [3.05, 3.63) is 23.8 Å². The molecule has 0 atom stereocenters. The second-order valence-electron chi connectivity index (χ2n) is 4.43. The lowest BCUT2D eigenvalue weighted by Crippen LogP contribution is -2.22. The van der Waals surface area contributed by atoms with Crippen molar-refractivity contribution in [1.82, 2.24) is 0 Å². The van der Waals surface area contributed by atoms with Crippen LogP contribution < -0.4 is 9.64 Å². The zero-order chi connectivity index (χ0) is 14.1. The van der Waals surface area contributed by atoms with Gasteiger partial charge in [-0.25, -0.2) is 0 Å². The van der Waals surface area contributed by atoms with E-state index in [2.05, 4.69) is 43.6 Å².